The van der Waals surface area contributed by atoms with Crippen LogP contribution in [0, 0.1) is 0 Å². The van der Waals surface area contributed by atoms with Crippen molar-refractivity contribution in [1.29, 1.82) is 0 Å². The van der Waals surface area contributed by atoms with Gasteiger partial charge in [-0.15, -0.1) is 6.58 Å². The van der Waals surface area contributed by atoms with Gasteiger partial charge >= 0.3 is 6.03 Å². The molecule has 2 aromatic rings. The van der Waals surface area contributed by atoms with Gasteiger partial charge in [0.1, 0.15) is 11.9 Å². The van der Waals surface area contributed by atoms with Crippen LogP contribution in [-0.2, 0) is 0 Å². The predicted octanol–water partition coefficient (Wildman–Crippen LogP) is 6.35. The van der Waals surface area contributed by atoms with Crippen molar-refractivity contribution in [1.82, 2.24) is 15.2 Å². The summed E-state index contributed by atoms with van der Waals surface area (Å²) in [6.45, 7) is 10.9. The van der Waals surface area contributed by atoms with Crippen molar-refractivity contribution >= 4 is 32.7 Å². The molecule has 1 atom stereocenters. The SMILES string of the molecule is C=CCCNC1CN(CCCC=CC)C(=O)N1c1nc2cccc(OCCCCCC)c2s1. The van der Waals surface area contributed by atoms with E-state index in [-0.39, 0.29) is 12.2 Å². The average molecular weight is 471 g/mol. The number of nitrogens with one attached hydrogen (secondary N) is 1. The van der Waals surface area contributed by atoms with Crippen LogP contribution in [0.15, 0.2) is 43.0 Å². The highest BCUT2D eigenvalue weighted by molar-refractivity contribution is 7.22. The fourth-order valence-electron chi connectivity index (χ4n) is 3.97. The monoisotopic (exact) mass is 470 g/mol. The van der Waals surface area contributed by atoms with Gasteiger partial charge in [-0.25, -0.2) is 9.78 Å². The Bertz CT molecular complexity index is 926. The number of thiazole rings is 1. The topological polar surface area (TPSA) is 57.7 Å². The van der Waals surface area contributed by atoms with Crippen LogP contribution in [0.1, 0.15) is 58.8 Å². The van der Waals surface area contributed by atoms with Gasteiger partial charge in [-0.1, -0.05) is 61.8 Å². The summed E-state index contributed by atoms with van der Waals surface area (Å²) in [6, 6.07) is 6.00. The number of benzene rings is 1. The van der Waals surface area contributed by atoms with Crippen LogP contribution in [0.4, 0.5) is 9.93 Å². The fourth-order valence-corrected chi connectivity index (χ4v) is 5.05. The maximum Gasteiger partial charge on any atom is 0.327 e. The van der Waals surface area contributed by atoms with E-state index in [0.29, 0.717) is 13.2 Å². The van der Waals surface area contributed by atoms with Crippen molar-refractivity contribution in [3.63, 3.8) is 0 Å². The molecule has 1 saturated heterocycles. The van der Waals surface area contributed by atoms with Crippen LogP contribution >= 0.6 is 11.3 Å². The summed E-state index contributed by atoms with van der Waals surface area (Å²) in [5.41, 5.74) is 0.880. The van der Waals surface area contributed by atoms with Crippen molar-refractivity contribution in [3.05, 3.63) is 43.0 Å². The number of fused-ring (bicyclic) bond motifs is 1. The van der Waals surface area contributed by atoms with E-state index >= 15 is 0 Å². The third kappa shape index (κ3) is 6.81. The van der Waals surface area contributed by atoms with Gasteiger partial charge in [0.15, 0.2) is 5.13 Å². The molecular formula is C26H38N4O2S. The summed E-state index contributed by atoms with van der Waals surface area (Å²) in [4.78, 5) is 22.0. The number of amides is 2. The van der Waals surface area contributed by atoms with Crippen LogP contribution in [0.25, 0.3) is 10.2 Å². The Kier molecular flexibility index (Phi) is 10.2. The number of allylic oxidation sites excluding steroid dienone is 2. The Morgan fingerprint density at radius 2 is 2.15 bits per heavy atom. The molecule has 1 aliphatic heterocycles. The largest absolute Gasteiger partial charge is 0.492 e. The minimum atomic E-state index is -0.0989. The number of aromatic nitrogens is 1. The summed E-state index contributed by atoms with van der Waals surface area (Å²) in [6.07, 6.45) is 13.5. The zero-order valence-corrected chi connectivity index (χ0v) is 20.9. The van der Waals surface area contributed by atoms with E-state index in [9.17, 15) is 4.79 Å². The molecule has 1 aromatic heterocycles. The Hall–Kier alpha value is -2.38. The number of carbonyl (C=O) groups excluding carboxylic acids is 1. The number of hydrogen-bond donors (Lipinski definition) is 1. The molecule has 0 radical (unpaired) electrons. The molecule has 180 valence electrons. The summed E-state index contributed by atoms with van der Waals surface area (Å²) < 4.78 is 7.10. The number of unbranched alkanes of at least 4 members (excludes halogenated alkanes) is 4. The molecule has 1 aliphatic rings. The first-order valence-corrected chi connectivity index (χ1v) is 13.1. The zero-order valence-electron chi connectivity index (χ0n) is 20.1. The Morgan fingerprint density at radius 3 is 2.94 bits per heavy atom. The molecule has 7 heteroatoms. The summed E-state index contributed by atoms with van der Waals surface area (Å²) >= 11 is 1.54. The first-order chi connectivity index (χ1) is 16.2. The molecule has 0 aliphatic carbocycles. The molecule has 1 aromatic carbocycles. The number of ether oxygens (including phenoxy) is 1. The van der Waals surface area contributed by atoms with Gasteiger partial charge in [0.05, 0.1) is 23.4 Å². The molecule has 2 heterocycles. The summed E-state index contributed by atoms with van der Waals surface area (Å²) in [7, 11) is 0. The molecule has 33 heavy (non-hydrogen) atoms. The van der Waals surface area contributed by atoms with E-state index in [4.69, 9.17) is 9.72 Å². The smallest absolute Gasteiger partial charge is 0.327 e. The van der Waals surface area contributed by atoms with E-state index in [1.54, 1.807) is 11.3 Å². The van der Waals surface area contributed by atoms with Gasteiger partial charge in [-0.3, -0.25) is 10.2 Å². The van der Waals surface area contributed by atoms with Crippen LogP contribution in [0.3, 0.4) is 0 Å². The van der Waals surface area contributed by atoms with E-state index in [0.717, 1.165) is 59.9 Å². The average Bonchev–Trinajstić information content (AvgIpc) is 3.38. The van der Waals surface area contributed by atoms with Crippen molar-refractivity contribution in [2.75, 3.05) is 31.1 Å². The van der Waals surface area contributed by atoms with Crippen molar-refractivity contribution in [2.24, 2.45) is 0 Å². The van der Waals surface area contributed by atoms with Gasteiger partial charge in [-0.05, 0) is 44.7 Å². The first kappa shape index (κ1) is 25.2. The second kappa shape index (κ2) is 13.4. The maximum absolute atomic E-state index is 13.4. The van der Waals surface area contributed by atoms with Gasteiger partial charge in [-0.2, -0.15) is 0 Å². The molecule has 2 amide bonds. The Morgan fingerprint density at radius 1 is 1.27 bits per heavy atom. The number of hydrogen-bond acceptors (Lipinski definition) is 5. The Labute approximate surface area is 202 Å². The van der Waals surface area contributed by atoms with Gasteiger partial charge in [0.25, 0.3) is 0 Å². The third-order valence-corrected chi connectivity index (χ3v) is 6.86. The van der Waals surface area contributed by atoms with E-state index in [1.807, 2.05) is 41.0 Å². The van der Waals surface area contributed by atoms with E-state index in [1.165, 1.54) is 19.3 Å². The normalized spacial score (nSPS) is 16.4. The lowest BCUT2D eigenvalue weighted by Gasteiger charge is -2.21. The van der Waals surface area contributed by atoms with Gasteiger partial charge in [0, 0.05) is 13.1 Å². The number of urea groups is 1. The highest BCUT2D eigenvalue weighted by Gasteiger charge is 2.39. The van der Waals surface area contributed by atoms with Crippen LogP contribution in [0.2, 0.25) is 0 Å². The second-order valence-corrected chi connectivity index (χ2v) is 9.34. The summed E-state index contributed by atoms with van der Waals surface area (Å²) in [5.74, 6) is 0.860. The fraction of sp³-hybridized carbons (Fsp3) is 0.538. The molecule has 6 nitrogen and oxygen atoms in total. The number of anilines is 1. The molecule has 0 bridgehead atoms. The molecule has 0 saturated carbocycles. The predicted molar refractivity (Wildman–Crippen MR) is 139 cm³/mol. The second-order valence-electron chi connectivity index (χ2n) is 8.37. The minimum Gasteiger partial charge on any atom is -0.492 e. The summed E-state index contributed by atoms with van der Waals surface area (Å²) in [5, 5.41) is 4.25. The number of nitrogens with zero attached hydrogens (tertiary/aromatic N) is 3. The standard InChI is InChI=1S/C26H38N4O2S/c1-4-7-10-12-18-29-20-23(27-17-9-6-3)30(26(29)31)25-28-21-15-14-16-22(24(21)33-25)32-19-13-11-8-5-2/h4,6-7,14-16,23,27H,3,5,8-13,17-20H2,1-2H3. The lowest BCUT2D eigenvalue weighted by molar-refractivity contribution is 0.220. The minimum absolute atomic E-state index is 0.0210. The van der Waals surface area contributed by atoms with Crippen molar-refractivity contribution in [3.8, 4) is 5.75 Å². The van der Waals surface area contributed by atoms with Crippen LogP contribution in [-0.4, -0.2) is 48.3 Å². The third-order valence-electron chi connectivity index (χ3n) is 5.77. The van der Waals surface area contributed by atoms with E-state index < -0.39 is 0 Å². The Balaban J connectivity index is 1.76. The van der Waals surface area contributed by atoms with Crippen molar-refractivity contribution < 1.29 is 9.53 Å². The maximum atomic E-state index is 13.4. The van der Waals surface area contributed by atoms with E-state index in [2.05, 4.69) is 31.0 Å². The molecule has 0 spiro atoms. The number of rotatable bonds is 15. The first-order valence-electron chi connectivity index (χ1n) is 12.3. The zero-order chi connectivity index (χ0) is 23.5. The quantitative estimate of drug-likeness (QED) is 0.244. The molecule has 1 unspecified atom stereocenters. The van der Waals surface area contributed by atoms with Gasteiger partial charge in [0.2, 0.25) is 0 Å². The molecule has 1 N–H and O–H groups in total. The lowest BCUT2D eigenvalue weighted by atomic mass is 10.2. The highest BCUT2D eigenvalue weighted by Crippen LogP contribution is 2.37. The van der Waals surface area contributed by atoms with Crippen LogP contribution in [0.5, 0.6) is 5.75 Å². The molecular weight excluding hydrogens is 432 g/mol. The molecule has 3 rings (SSSR count). The van der Waals surface area contributed by atoms with Crippen molar-refractivity contribution in [2.45, 2.75) is 65.0 Å². The van der Waals surface area contributed by atoms with Gasteiger partial charge < -0.3 is 9.64 Å². The number of carbonyl (C=O) groups is 1. The molecule has 1 fully saturated rings. The van der Waals surface area contributed by atoms with Crippen LogP contribution < -0.4 is 15.0 Å². The highest BCUT2D eigenvalue weighted by atomic mass is 32.1. The lowest BCUT2D eigenvalue weighted by Crippen LogP contribution is -2.44.